The maximum absolute atomic E-state index is 11.4. The number of carboxylic acid groups (broad SMARTS) is 1. The van der Waals surface area contributed by atoms with Gasteiger partial charge in [-0.05, 0) is 25.2 Å². The molecule has 0 radical (unpaired) electrons. The van der Waals surface area contributed by atoms with Crippen molar-refractivity contribution in [3.05, 3.63) is 0 Å². The minimum atomic E-state index is -0.741. The summed E-state index contributed by atoms with van der Waals surface area (Å²) >= 11 is 0. The summed E-state index contributed by atoms with van der Waals surface area (Å²) in [7, 11) is 0. The van der Waals surface area contributed by atoms with E-state index in [1.807, 2.05) is 0 Å². The quantitative estimate of drug-likeness (QED) is 0.697. The highest BCUT2D eigenvalue weighted by Gasteiger charge is 2.50. The molecule has 0 spiro atoms. The first-order valence-electron chi connectivity index (χ1n) is 5.40. The summed E-state index contributed by atoms with van der Waals surface area (Å²) in [5.41, 5.74) is -0.687. The van der Waals surface area contributed by atoms with E-state index in [1.165, 1.54) is 0 Å². The summed E-state index contributed by atoms with van der Waals surface area (Å²) in [6, 6.07) is 0. The number of fused-ring (bicyclic) bond motifs is 1. The first-order chi connectivity index (χ1) is 6.65. The van der Waals surface area contributed by atoms with Crippen LogP contribution in [0.3, 0.4) is 0 Å². The zero-order chi connectivity index (χ0) is 10.2. The van der Waals surface area contributed by atoms with Crippen LogP contribution in [0.5, 0.6) is 0 Å². The molecule has 0 amide bonds. The third-order valence-corrected chi connectivity index (χ3v) is 3.92. The molecule has 0 aromatic heterocycles. The first kappa shape index (κ1) is 9.69. The van der Waals surface area contributed by atoms with Crippen molar-refractivity contribution in [1.29, 1.82) is 0 Å². The first-order valence-corrected chi connectivity index (χ1v) is 5.40. The fourth-order valence-corrected chi connectivity index (χ4v) is 3.10. The lowest BCUT2D eigenvalue weighted by Gasteiger charge is -2.43. The number of rotatable bonds is 1. The van der Waals surface area contributed by atoms with Crippen LogP contribution in [0.2, 0.25) is 0 Å². The predicted octanol–water partition coefficient (Wildman–Crippen LogP) is 2.00. The van der Waals surface area contributed by atoms with Crippen LogP contribution in [0.4, 0.5) is 0 Å². The molecule has 2 rings (SSSR count). The average Bonchev–Trinajstić information content (AvgIpc) is 2.17. The Morgan fingerprint density at radius 3 is 2.86 bits per heavy atom. The summed E-state index contributed by atoms with van der Waals surface area (Å²) in [6.07, 6.45) is 5.49. The third-order valence-electron chi connectivity index (χ3n) is 3.92. The number of aliphatic carboxylic acids is 1. The number of carbonyl (C=O) groups excluding carboxylic acids is 1. The van der Waals surface area contributed by atoms with E-state index in [0.29, 0.717) is 12.8 Å². The molecule has 1 N–H and O–H groups in total. The van der Waals surface area contributed by atoms with Gasteiger partial charge in [-0.1, -0.05) is 12.8 Å². The Bertz CT molecular complexity index is 272. The monoisotopic (exact) mass is 196 g/mol. The van der Waals surface area contributed by atoms with Crippen molar-refractivity contribution in [2.24, 2.45) is 11.3 Å². The number of carbonyl (C=O) groups is 2. The normalized spacial score (nSPS) is 37.7. The van der Waals surface area contributed by atoms with Gasteiger partial charge in [-0.3, -0.25) is 9.59 Å². The van der Waals surface area contributed by atoms with Gasteiger partial charge in [0.2, 0.25) is 0 Å². The van der Waals surface area contributed by atoms with E-state index >= 15 is 0 Å². The molecule has 14 heavy (non-hydrogen) atoms. The maximum Gasteiger partial charge on any atom is 0.310 e. The van der Waals surface area contributed by atoms with E-state index in [1.54, 1.807) is 0 Å². The van der Waals surface area contributed by atoms with Crippen molar-refractivity contribution in [3.63, 3.8) is 0 Å². The molecule has 3 heteroatoms. The van der Waals surface area contributed by atoms with E-state index in [-0.39, 0.29) is 18.1 Å². The highest BCUT2D eigenvalue weighted by Crippen LogP contribution is 2.49. The van der Waals surface area contributed by atoms with Crippen molar-refractivity contribution < 1.29 is 14.7 Å². The van der Waals surface area contributed by atoms with E-state index < -0.39 is 11.4 Å². The van der Waals surface area contributed by atoms with Gasteiger partial charge in [0.1, 0.15) is 5.78 Å². The van der Waals surface area contributed by atoms with E-state index in [9.17, 15) is 14.7 Å². The number of hydrogen-bond acceptors (Lipinski definition) is 2. The summed E-state index contributed by atoms with van der Waals surface area (Å²) in [4.78, 5) is 22.7. The molecule has 0 aromatic rings. The lowest BCUT2D eigenvalue weighted by Crippen LogP contribution is -2.45. The van der Waals surface area contributed by atoms with Crippen LogP contribution in [0.1, 0.15) is 44.9 Å². The second-order valence-electron chi connectivity index (χ2n) is 4.66. The molecule has 0 bridgehead atoms. The van der Waals surface area contributed by atoms with Crippen LogP contribution >= 0.6 is 0 Å². The van der Waals surface area contributed by atoms with Crippen LogP contribution in [0.15, 0.2) is 0 Å². The van der Waals surface area contributed by atoms with Gasteiger partial charge in [-0.15, -0.1) is 0 Å². The summed E-state index contributed by atoms with van der Waals surface area (Å²) < 4.78 is 0. The molecule has 78 valence electrons. The Kier molecular flexibility index (Phi) is 2.33. The average molecular weight is 196 g/mol. The minimum absolute atomic E-state index is 0.144. The number of ketones is 1. The third kappa shape index (κ3) is 1.35. The second-order valence-corrected chi connectivity index (χ2v) is 4.66. The smallest absolute Gasteiger partial charge is 0.310 e. The number of hydrogen-bond donors (Lipinski definition) is 1. The second kappa shape index (κ2) is 3.37. The number of Topliss-reactive ketones (excluding diaryl/α,β-unsaturated/α-hetero) is 1. The summed E-state index contributed by atoms with van der Waals surface area (Å²) in [5, 5.41) is 9.29. The lowest BCUT2D eigenvalue weighted by atomic mass is 9.59. The van der Waals surface area contributed by atoms with Crippen LogP contribution in [-0.4, -0.2) is 16.9 Å². The van der Waals surface area contributed by atoms with Gasteiger partial charge in [-0.2, -0.15) is 0 Å². The highest BCUT2D eigenvalue weighted by molar-refractivity contribution is 5.88. The van der Waals surface area contributed by atoms with Crippen LogP contribution < -0.4 is 0 Å². The molecule has 0 aliphatic heterocycles. The van der Waals surface area contributed by atoms with E-state index in [2.05, 4.69) is 0 Å². The highest BCUT2D eigenvalue weighted by atomic mass is 16.4. The topological polar surface area (TPSA) is 54.4 Å². The van der Waals surface area contributed by atoms with Gasteiger partial charge in [0.25, 0.3) is 0 Å². The van der Waals surface area contributed by atoms with Gasteiger partial charge < -0.3 is 5.11 Å². The number of carboxylic acids is 1. The molecule has 0 heterocycles. The Labute approximate surface area is 83.5 Å². The summed E-state index contributed by atoms with van der Waals surface area (Å²) in [5.74, 6) is -0.341. The van der Waals surface area contributed by atoms with Gasteiger partial charge in [0.05, 0.1) is 5.41 Å². The zero-order valence-electron chi connectivity index (χ0n) is 8.29. The van der Waals surface area contributed by atoms with Crippen molar-refractivity contribution in [2.75, 3.05) is 0 Å². The Morgan fingerprint density at radius 2 is 2.14 bits per heavy atom. The molecule has 2 saturated carbocycles. The predicted molar refractivity (Wildman–Crippen MR) is 50.9 cm³/mol. The van der Waals surface area contributed by atoms with Crippen molar-refractivity contribution in [1.82, 2.24) is 0 Å². The lowest BCUT2D eigenvalue weighted by molar-refractivity contribution is -0.161. The fraction of sp³-hybridized carbons (Fsp3) is 0.818. The molecule has 0 saturated heterocycles. The fourth-order valence-electron chi connectivity index (χ4n) is 3.10. The van der Waals surface area contributed by atoms with Gasteiger partial charge >= 0.3 is 5.97 Å². The van der Waals surface area contributed by atoms with E-state index in [0.717, 1.165) is 25.7 Å². The Hall–Kier alpha value is -0.860. The molecule has 0 unspecified atom stereocenters. The summed E-state index contributed by atoms with van der Waals surface area (Å²) in [6.45, 7) is 0. The van der Waals surface area contributed by atoms with Gasteiger partial charge in [-0.25, -0.2) is 0 Å². The van der Waals surface area contributed by atoms with Crippen LogP contribution in [0, 0.1) is 11.3 Å². The Balaban J connectivity index is 2.27. The SMILES string of the molecule is O=C1CC[C@@H]2CCCC[C@@]2(C(=O)O)C1. The molecule has 2 aliphatic carbocycles. The van der Waals surface area contributed by atoms with Crippen molar-refractivity contribution in [2.45, 2.75) is 44.9 Å². The maximum atomic E-state index is 11.4. The molecular weight excluding hydrogens is 180 g/mol. The molecule has 0 aromatic carbocycles. The molecular formula is C11H16O3. The molecule has 2 atom stereocenters. The zero-order valence-corrected chi connectivity index (χ0v) is 8.29. The van der Waals surface area contributed by atoms with E-state index in [4.69, 9.17) is 0 Å². The van der Waals surface area contributed by atoms with Crippen molar-refractivity contribution >= 4 is 11.8 Å². The van der Waals surface area contributed by atoms with Crippen LogP contribution in [0.25, 0.3) is 0 Å². The van der Waals surface area contributed by atoms with Crippen molar-refractivity contribution in [3.8, 4) is 0 Å². The Morgan fingerprint density at radius 1 is 1.36 bits per heavy atom. The van der Waals surface area contributed by atoms with Gasteiger partial charge in [0.15, 0.2) is 0 Å². The standard InChI is InChI=1S/C11H16O3/c12-9-5-4-8-3-1-2-6-11(8,7-9)10(13)14/h8H,1-7H2,(H,13,14)/t8-,11+/m0/s1. The largest absolute Gasteiger partial charge is 0.481 e. The molecule has 3 nitrogen and oxygen atoms in total. The molecule has 2 aliphatic rings. The molecule has 2 fully saturated rings. The van der Waals surface area contributed by atoms with Crippen LogP contribution in [-0.2, 0) is 9.59 Å². The van der Waals surface area contributed by atoms with Gasteiger partial charge in [0, 0.05) is 12.8 Å². The minimum Gasteiger partial charge on any atom is -0.481 e.